The average molecular weight is 399 g/mol. The maximum absolute atomic E-state index is 13.0. The molecule has 2 aliphatic rings. The van der Waals surface area contributed by atoms with Gasteiger partial charge in [0, 0.05) is 24.9 Å². The second-order valence-corrected chi connectivity index (χ2v) is 6.82. The lowest BCUT2D eigenvalue weighted by atomic mass is 10.0. The van der Waals surface area contributed by atoms with Gasteiger partial charge >= 0.3 is 0 Å². The summed E-state index contributed by atoms with van der Waals surface area (Å²) in [4.78, 5) is 39.4. The molecule has 0 aromatic heterocycles. The number of imide groups is 1. The summed E-state index contributed by atoms with van der Waals surface area (Å²) in [7, 11) is 1.43. The molecule has 3 rings (SSSR count). The zero-order valence-corrected chi connectivity index (χ0v) is 15.9. The normalized spacial score (nSPS) is 17.7. The first-order valence-corrected chi connectivity index (χ1v) is 9.07. The number of halogens is 1. The molecule has 9 heteroatoms. The molecule has 5 N–H and O–H groups in total. The first-order valence-electron chi connectivity index (χ1n) is 9.07. The monoisotopic (exact) mass is 399 g/mol. The summed E-state index contributed by atoms with van der Waals surface area (Å²) in [6.07, 6.45) is 4.13. The van der Waals surface area contributed by atoms with Crippen LogP contribution in [0.3, 0.4) is 0 Å². The Morgan fingerprint density at radius 2 is 1.86 bits per heavy atom. The quantitative estimate of drug-likeness (QED) is 0.486. The zero-order chi connectivity index (χ0) is 21.1. The van der Waals surface area contributed by atoms with E-state index in [1.54, 1.807) is 4.90 Å². The van der Waals surface area contributed by atoms with E-state index in [1.807, 2.05) is 0 Å². The van der Waals surface area contributed by atoms with Crippen LogP contribution in [0, 0.1) is 5.82 Å². The molecule has 0 fully saturated rings. The van der Waals surface area contributed by atoms with E-state index in [-0.39, 0.29) is 24.1 Å². The second kappa shape index (κ2) is 8.17. The number of hydrogen-bond acceptors (Lipinski definition) is 6. The first-order chi connectivity index (χ1) is 13.8. The van der Waals surface area contributed by atoms with E-state index in [9.17, 15) is 18.8 Å². The maximum atomic E-state index is 13.0. The van der Waals surface area contributed by atoms with Crippen molar-refractivity contribution >= 4 is 23.4 Å². The molecular formula is C20H22FN5O3. The number of nitrogens with zero attached hydrogens (tertiary/aromatic N) is 2. The van der Waals surface area contributed by atoms with Crippen molar-refractivity contribution in [3.8, 4) is 0 Å². The molecule has 0 radical (unpaired) electrons. The molecule has 0 aliphatic carbocycles. The van der Waals surface area contributed by atoms with Crippen LogP contribution in [0.1, 0.15) is 18.4 Å². The van der Waals surface area contributed by atoms with Gasteiger partial charge in [0.1, 0.15) is 17.3 Å². The van der Waals surface area contributed by atoms with Crippen LogP contribution in [0.15, 0.2) is 53.5 Å². The number of allylic oxidation sites excluding steroid dienone is 2. The Morgan fingerprint density at radius 1 is 1.17 bits per heavy atom. The first kappa shape index (κ1) is 20.1. The summed E-state index contributed by atoms with van der Waals surface area (Å²) >= 11 is 0. The highest BCUT2D eigenvalue weighted by atomic mass is 19.1. The van der Waals surface area contributed by atoms with Crippen LogP contribution in [0.2, 0.25) is 0 Å². The Kier molecular flexibility index (Phi) is 5.67. The van der Waals surface area contributed by atoms with Gasteiger partial charge in [0.25, 0.3) is 11.8 Å². The molecule has 8 nitrogen and oxygen atoms in total. The molecule has 0 spiro atoms. The molecule has 0 saturated carbocycles. The maximum Gasteiger partial charge on any atom is 0.277 e. The van der Waals surface area contributed by atoms with E-state index in [4.69, 9.17) is 11.5 Å². The fraction of sp³-hybridized carbons (Fsp3) is 0.250. The van der Waals surface area contributed by atoms with E-state index in [0.717, 1.165) is 4.90 Å². The van der Waals surface area contributed by atoms with Crippen molar-refractivity contribution < 1.29 is 18.8 Å². The van der Waals surface area contributed by atoms with Gasteiger partial charge in [-0.2, -0.15) is 0 Å². The Bertz CT molecular complexity index is 949. The summed E-state index contributed by atoms with van der Waals surface area (Å²) in [6, 6.07) is 5.64. The molecule has 152 valence electrons. The molecule has 0 unspecified atom stereocenters. The van der Waals surface area contributed by atoms with Crippen molar-refractivity contribution in [1.82, 2.24) is 15.1 Å². The lowest BCUT2D eigenvalue weighted by Crippen LogP contribution is -2.41. The van der Waals surface area contributed by atoms with Crippen LogP contribution in [0.4, 0.5) is 4.39 Å². The molecule has 3 amide bonds. The van der Waals surface area contributed by atoms with Gasteiger partial charge in [0.15, 0.2) is 0 Å². The van der Waals surface area contributed by atoms with Crippen molar-refractivity contribution in [3.63, 3.8) is 0 Å². The summed E-state index contributed by atoms with van der Waals surface area (Å²) in [5.41, 5.74) is 13.4. The summed E-state index contributed by atoms with van der Waals surface area (Å²) in [5, 5.41) is 2.53. The molecule has 0 atom stereocenters. The van der Waals surface area contributed by atoms with Crippen molar-refractivity contribution in [2.24, 2.45) is 11.5 Å². The molecule has 2 heterocycles. The molecule has 1 aromatic rings. The predicted octanol–water partition coefficient (Wildman–Crippen LogP) is 0.390. The van der Waals surface area contributed by atoms with Gasteiger partial charge in [-0.3, -0.25) is 19.3 Å². The van der Waals surface area contributed by atoms with E-state index in [1.165, 1.54) is 43.5 Å². The van der Waals surface area contributed by atoms with Gasteiger partial charge < -0.3 is 21.7 Å². The average Bonchev–Trinajstić information content (AvgIpc) is 2.91. The minimum absolute atomic E-state index is 0.0669. The number of amides is 3. The van der Waals surface area contributed by atoms with E-state index < -0.39 is 11.8 Å². The molecule has 0 saturated heterocycles. The Labute approximate surface area is 167 Å². The van der Waals surface area contributed by atoms with Crippen molar-refractivity contribution in [3.05, 3.63) is 64.9 Å². The van der Waals surface area contributed by atoms with E-state index in [2.05, 4.69) is 5.32 Å². The van der Waals surface area contributed by atoms with Gasteiger partial charge in [-0.25, -0.2) is 4.39 Å². The number of hydrogen-bond donors (Lipinski definition) is 3. The van der Waals surface area contributed by atoms with Gasteiger partial charge in [-0.05, 0) is 42.7 Å². The molecular weight excluding hydrogens is 377 g/mol. The fourth-order valence-corrected chi connectivity index (χ4v) is 3.29. The van der Waals surface area contributed by atoms with Gasteiger partial charge in [-0.15, -0.1) is 0 Å². The van der Waals surface area contributed by atoms with Gasteiger partial charge in [-0.1, -0.05) is 12.1 Å². The van der Waals surface area contributed by atoms with Crippen LogP contribution in [0.25, 0.3) is 5.70 Å². The molecule has 0 bridgehead atoms. The number of nitrogens with one attached hydrogen (secondary N) is 1. The fourth-order valence-electron chi connectivity index (χ4n) is 3.29. The van der Waals surface area contributed by atoms with Crippen LogP contribution in [-0.2, 0) is 14.4 Å². The number of likely N-dealkylation sites (N-methyl/N-ethyl adjacent to an activating group) is 1. The minimum Gasteiger partial charge on any atom is -0.398 e. The van der Waals surface area contributed by atoms with Gasteiger partial charge in [0.05, 0.1) is 6.54 Å². The third-order valence-electron chi connectivity index (χ3n) is 4.77. The number of carbonyl (C=O) groups excluding carboxylic acids is 3. The minimum atomic E-state index is -0.420. The smallest absolute Gasteiger partial charge is 0.277 e. The SMILES string of the molecule is CN1C(=O)C2=C(C1=O)N(CC(=O)N/C(N)=C/C=C(\N)c1ccc(F)cc1)CCC2. The highest BCUT2D eigenvalue weighted by Gasteiger charge is 2.40. The second-order valence-electron chi connectivity index (χ2n) is 6.82. The topological polar surface area (TPSA) is 122 Å². The van der Waals surface area contributed by atoms with Crippen molar-refractivity contribution in [2.45, 2.75) is 12.8 Å². The Hall–Kier alpha value is -3.62. The number of benzene rings is 1. The third-order valence-corrected chi connectivity index (χ3v) is 4.77. The van der Waals surface area contributed by atoms with Crippen LogP contribution in [-0.4, -0.2) is 47.7 Å². The summed E-state index contributed by atoms with van der Waals surface area (Å²) < 4.78 is 13.0. The predicted molar refractivity (Wildman–Crippen MR) is 105 cm³/mol. The lowest BCUT2D eigenvalue weighted by Gasteiger charge is -2.28. The Balaban J connectivity index is 1.63. The summed E-state index contributed by atoms with van der Waals surface area (Å²) in [6.45, 7) is 0.400. The van der Waals surface area contributed by atoms with Gasteiger partial charge in [0.2, 0.25) is 5.91 Å². The highest BCUT2D eigenvalue weighted by molar-refractivity contribution is 6.19. The van der Waals surface area contributed by atoms with Crippen molar-refractivity contribution in [1.29, 1.82) is 0 Å². The standard InChI is InChI=1S/C20H22FN5O3/c1-25-19(28)14-3-2-10-26(18(14)20(25)29)11-17(27)24-16(23)9-8-15(22)12-4-6-13(21)7-5-12/h4-9H,2-3,10-11,22-23H2,1H3,(H,24,27)/b15-8-,16-9+. The highest BCUT2D eigenvalue weighted by Crippen LogP contribution is 2.30. The lowest BCUT2D eigenvalue weighted by molar-refractivity contribution is -0.136. The molecule has 1 aromatic carbocycles. The Morgan fingerprint density at radius 3 is 2.55 bits per heavy atom. The van der Waals surface area contributed by atoms with E-state index in [0.29, 0.717) is 41.9 Å². The van der Waals surface area contributed by atoms with Crippen LogP contribution < -0.4 is 16.8 Å². The van der Waals surface area contributed by atoms with E-state index >= 15 is 0 Å². The van der Waals surface area contributed by atoms with Crippen LogP contribution >= 0.6 is 0 Å². The number of carbonyl (C=O) groups is 3. The summed E-state index contributed by atoms with van der Waals surface area (Å²) in [5.74, 6) is -1.42. The molecule has 2 aliphatic heterocycles. The zero-order valence-electron chi connectivity index (χ0n) is 15.9. The van der Waals surface area contributed by atoms with Crippen molar-refractivity contribution in [2.75, 3.05) is 20.1 Å². The number of nitrogens with two attached hydrogens (primary N) is 2. The number of rotatable bonds is 5. The molecule has 29 heavy (non-hydrogen) atoms. The third kappa shape index (κ3) is 4.29. The largest absolute Gasteiger partial charge is 0.398 e. The van der Waals surface area contributed by atoms with Crippen LogP contribution in [0.5, 0.6) is 0 Å².